The molecule has 1 aromatic rings. The number of carbonyl (C=O) groups is 1. The monoisotopic (exact) mass is 220 g/mol. The van der Waals surface area contributed by atoms with Crippen molar-refractivity contribution in [2.75, 3.05) is 6.61 Å². The average molecular weight is 220 g/mol. The average Bonchev–Trinajstić information content (AvgIpc) is 2.24. The van der Waals surface area contributed by atoms with Crippen LogP contribution in [0.5, 0.6) is 0 Å². The first-order valence-electron chi connectivity index (χ1n) is 4.62. The molecule has 0 aliphatic heterocycles. The second-order valence-electron chi connectivity index (χ2n) is 2.78. The summed E-state index contributed by atoms with van der Waals surface area (Å²) in [5.41, 5.74) is 0. The van der Waals surface area contributed by atoms with E-state index in [1.54, 1.807) is 0 Å². The van der Waals surface area contributed by atoms with Crippen LogP contribution in [-0.2, 0) is 9.53 Å². The summed E-state index contributed by atoms with van der Waals surface area (Å²) in [7, 11) is 0. The van der Waals surface area contributed by atoms with Crippen LogP contribution in [0, 0.1) is 11.2 Å². The highest BCUT2D eigenvalue weighted by molar-refractivity contribution is 8.03. The number of hydrogen-bond donors (Lipinski definition) is 0. The fourth-order valence-electron chi connectivity index (χ4n) is 0.880. The molecule has 0 saturated carbocycles. The summed E-state index contributed by atoms with van der Waals surface area (Å²) in [4.78, 5) is 11.5. The lowest BCUT2D eigenvalue weighted by Gasteiger charge is -1.94. The first-order chi connectivity index (χ1) is 7.29. The molecule has 15 heavy (non-hydrogen) atoms. The van der Waals surface area contributed by atoms with Crippen molar-refractivity contribution in [3.05, 3.63) is 30.3 Å². The Hall–Kier alpha value is -1.40. The Kier molecular flexibility index (Phi) is 5.42. The van der Waals surface area contributed by atoms with Gasteiger partial charge in [0.1, 0.15) is 6.61 Å². The summed E-state index contributed by atoms with van der Waals surface area (Å²) in [6, 6.07) is 9.93. The predicted molar refractivity (Wildman–Crippen MR) is 61.3 cm³/mol. The first kappa shape index (κ1) is 11.7. The van der Waals surface area contributed by atoms with E-state index in [1.807, 2.05) is 30.3 Å². The fourth-order valence-corrected chi connectivity index (χ4v) is 1.47. The van der Waals surface area contributed by atoms with E-state index < -0.39 is 0 Å². The van der Waals surface area contributed by atoms with E-state index in [2.05, 4.69) is 11.2 Å². The first-order valence-corrected chi connectivity index (χ1v) is 5.44. The highest BCUT2D eigenvalue weighted by Gasteiger charge is 1.89. The lowest BCUT2D eigenvalue weighted by Crippen LogP contribution is -1.98. The van der Waals surface area contributed by atoms with Crippen molar-refractivity contribution in [2.24, 2.45) is 0 Å². The largest absolute Gasteiger partial charge is 0.465 e. The molecule has 0 bridgehead atoms. The van der Waals surface area contributed by atoms with Gasteiger partial charge in [0, 0.05) is 18.2 Å². The smallest absolute Gasteiger partial charge is 0.302 e. The number of thioether (sulfide) groups is 1. The molecule has 0 heterocycles. The zero-order valence-electron chi connectivity index (χ0n) is 8.53. The van der Waals surface area contributed by atoms with Crippen LogP contribution in [0.15, 0.2) is 35.2 Å². The van der Waals surface area contributed by atoms with Crippen molar-refractivity contribution >= 4 is 17.7 Å². The second kappa shape index (κ2) is 6.97. The summed E-state index contributed by atoms with van der Waals surface area (Å²) in [6.07, 6.45) is 0.583. The zero-order valence-corrected chi connectivity index (χ0v) is 9.34. The Morgan fingerprint density at radius 2 is 2.13 bits per heavy atom. The Balaban J connectivity index is 2.20. The van der Waals surface area contributed by atoms with E-state index >= 15 is 0 Å². The summed E-state index contributed by atoms with van der Waals surface area (Å²) in [5, 5.41) is 2.95. The SMILES string of the molecule is CC(=O)OCCC#CSc1ccccc1. The van der Waals surface area contributed by atoms with Crippen LogP contribution >= 0.6 is 11.8 Å². The fraction of sp³-hybridized carbons (Fsp3) is 0.250. The van der Waals surface area contributed by atoms with E-state index in [4.69, 9.17) is 4.74 Å². The van der Waals surface area contributed by atoms with Crippen molar-refractivity contribution in [1.29, 1.82) is 0 Å². The number of rotatable bonds is 3. The molecular formula is C12H12O2S. The van der Waals surface area contributed by atoms with Gasteiger partial charge in [-0.3, -0.25) is 4.79 Å². The molecule has 0 aliphatic rings. The van der Waals surface area contributed by atoms with Gasteiger partial charge in [-0.05, 0) is 29.1 Å². The van der Waals surface area contributed by atoms with E-state index in [-0.39, 0.29) is 5.97 Å². The van der Waals surface area contributed by atoms with Gasteiger partial charge in [-0.2, -0.15) is 0 Å². The molecule has 0 saturated heterocycles. The second-order valence-corrected chi connectivity index (χ2v) is 3.66. The Labute approximate surface area is 94.0 Å². The molecule has 0 unspecified atom stereocenters. The van der Waals surface area contributed by atoms with Gasteiger partial charge in [0.25, 0.3) is 0 Å². The standard InChI is InChI=1S/C12H12O2S/c1-11(13)14-9-5-6-10-15-12-7-3-2-4-8-12/h2-4,7-8H,5,9H2,1H3. The van der Waals surface area contributed by atoms with Gasteiger partial charge >= 0.3 is 5.97 Å². The zero-order chi connectivity index (χ0) is 10.9. The van der Waals surface area contributed by atoms with Gasteiger partial charge in [-0.15, -0.1) is 0 Å². The Morgan fingerprint density at radius 1 is 1.40 bits per heavy atom. The number of hydrogen-bond acceptors (Lipinski definition) is 3. The molecule has 1 aromatic carbocycles. The number of esters is 1. The molecule has 0 spiro atoms. The van der Waals surface area contributed by atoms with Gasteiger partial charge in [-0.1, -0.05) is 24.1 Å². The Morgan fingerprint density at radius 3 is 2.80 bits per heavy atom. The topological polar surface area (TPSA) is 26.3 Å². The molecule has 0 atom stereocenters. The minimum Gasteiger partial charge on any atom is -0.465 e. The minimum absolute atomic E-state index is 0.257. The van der Waals surface area contributed by atoms with Crippen LogP contribution in [-0.4, -0.2) is 12.6 Å². The summed E-state index contributed by atoms with van der Waals surface area (Å²) >= 11 is 1.48. The molecular weight excluding hydrogens is 208 g/mol. The number of carbonyl (C=O) groups excluding carboxylic acids is 1. The molecule has 0 aliphatic carbocycles. The van der Waals surface area contributed by atoms with Gasteiger partial charge in [0.2, 0.25) is 0 Å². The normalized spacial score (nSPS) is 8.87. The van der Waals surface area contributed by atoms with Crippen molar-refractivity contribution in [3.63, 3.8) is 0 Å². The summed E-state index contributed by atoms with van der Waals surface area (Å²) < 4.78 is 4.74. The van der Waals surface area contributed by atoms with Crippen LogP contribution < -0.4 is 0 Å². The molecule has 0 radical (unpaired) electrons. The van der Waals surface area contributed by atoms with Crippen molar-refractivity contribution in [2.45, 2.75) is 18.2 Å². The molecule has 78 valence electrons. The quantitative estimate of drug-likeness (QED) is 0.339. The summed E-state index contributed by atoms with van der Waals surface area (Å²) in [5.74, 6) is 2.67. The molecule has 0 amide bonds. The third-order valence-corrected chi connectivity index (χ3v) is 2.27. The van der Waals surface area contributed by atoms with E-state index in [1.165, 1.54) is 18.7 Å². The lowest BCUT2D eigenvalue weighted by atomic mass is 10.4. The number of ether oxygens (including phenoxy) is 1. The maximum absolute atomic E-state index is 10.4. The minimum atomic E-state index is -0.257. The molecule has 1 rings (SSSR count). The predicted octanol–water partition coefficient (Wildman–Crippen LogP) is 2.69. The van der Waals surface area contributed by atoms with E-state index in [0.717, 1.165) is 4.90 Å². The van der Waals surface area contributed by atoms with Crippen LogP contribution in [0.3, 0.4) is 0 Å². The van der Waals surface area contributed by atoms with Crippen LogP contribution in [0.4, 0.5) is 0 Å². The molecule has 0 N–H and O–H groups in total. The maximum Gasteiger partial charge on any atom is 0.302 e. The lowest BCUT2D eigenvalue weighted by molar-refractivity contribution is -0.140. The summed E-state index contributed by atoms with van der Waals surface area (Å²) in [6.45, 7) is 1.77. The van der Waals surface area contributed by atoms with Crippen molar-refractivity contribution < 1.29 is 9.53 Å². The highest BCUT2D eigenvalue weighted by Crippen LogP contribution is 2.14. The van der Waals surface area contributed by atoms with Gasteiger partial charge in [0.05, 0.1) is 0 Å². The third kappa shape index (κ3) is 5.82. The molecule has 3 heteroatoms. The molecule has 0 aromatic heterocycles. The van der Waals surface area contributed by atoms with Gasteiger partial charge in [-0.25, -0.2) is 0 Å². The Bertz CT molecular complexity index is 362. The van der Waals surface area contributed by atoms with Crippen molar-refractivity contribution in [1.82, 2.24) is 0 Å². The molecule has 0 fully saturated rings. The van der Waals surface area contributed by atoms with Crippen LogP contribution in [0.1, 0.15) is 13.3 Å². The maximum atomic E-state index is 10.4. The van der Waals surface area contributed by atoms with Gasteiger partial charge < -0.3 is 4.74 Å². The van der Waals surface area contributed by atoms with E-state index in [9.17, 15) is 4.79 Å². The third-order valence-electron chi connectivity index (χ3n) is 1.52. The van der Waals surface area contributed by atoms with Crippen LogP contribution in [0.2, 0.25) is 0 Å². The van der Waals surface area contributed by atoms with Crippen molar-refractivity contribution in [3.8, 4) is 11.2 Å². The number of benzene rings is 1. The highest BCUT2D eigenvalue weighted by atomic mass is 32.2. The molecule has 2 nitrogen and oxygen atoms in total. The van der Waals surface area contributed by atoms with Crippen LogP contribution in [0.25, 0.3) is 0 Å². The van der Waals surface area contributed by atoms with E-state index in [0.29, 0.717) is 13.0 Å². The van der Waals surface area contributed by atoms with Gasteiger partial charge in [0.15, 0.2) is 0 Å².